The van der Waals surface area contributed by atoms with Gasteiger partial charge in [0.2, 0.25) is 0 Å². The maximum atomic E-state index is 13.5. The Morgan fingerprint density at radius 2 is 1.92 bits per heavy atom. The average molecular weight is 372 g/mol. The first kappa shape index (κ1) is 18.0. The highest BCUT2D eigenvalue weighted by molar-refractivity contribution is 6.37. The van der Waals surface area contributed by atoms with Crippen molar-refractivity contribution in [3.05, 3.63) is 57.8 Å². The molecule has 0 aliphatic rings. The van der Waals surface area contributed by atoms with Gasteiger partial charge in [-0.05, 0) is 24.3 Å². The number of nitrogens with one attached hydrogen (secondary N) is 1. The molecule has 126 valence electrons. The number of amides is 1. The van der Waals surface area contributed by atoms with Crippen LogP contribution in [0.25, 0.3) is 0 Å². The summed E-state index contributed by atoms with van der Waals surface area (Å²) in [5.74, 6) is -1.54. The minimum absolute atomic E-state index is 0.0250. The Morgan fingerprint density at radius 3 is 2.62 bits per heavy atom. The molecule has 0 bridgehead atoms. The summed E-state index contributed by atoms with van der Waals surface area (Å²) in [6.45, 7) is -0.262. The number of rotatable bonds is 5. The molecular weight excluding hydrogens is 360 g/mol. The number of benzene rings is 2. The van der Waals surface area contributed by atoms with E-state index in [0.29, 0.717) is 11.4 Å². The number of halogens is 3. The van der Waals surface area contributed by atoms with Crippen LogP contribution in [0.4, 0.5) is 10.1 Å². The standard InChI is InChI=1S/C16H12Cl2FNO4/c1-23-15(21)8-24-10-4-2-3-9(5-10)20-16(22)11-6-14(19)13(18)7-12(11)17/h2-7H,8H2,1H3,(H,20,22). The number of hydrogen-bond donors (Lipinski definition) is 1. The van der Waals surface area contributed by atoms with Gasteiger partial charge in [0.15, 0.2) is 6.61 Å². The van der Waals surface area contributed by atoms with Crippen molar-refractivity contribution in [1.82, 2.24) is 0 Å². The second-order valence-corrected chi connectivity index (χ2v) is 5.41. The maximum absolute atomic E-state index is 13.5. The first-order valence-corrected chi connectivity index (χ1v) is 7.42. The molecule has 24 heavy (non-hydrogen) atoms. The Kier molecular flexibility index (Phi) is 6.00. The molecule has 0 atom stereocenters. The van der Waals surface area contributed by atoms with Gasteiger partial charge in [0.1, 0.15) is 11.6 Å². The van der Waals surface area contributed by atoms with Crippen molar-refractivity contribution in [3.8, 4) is 5.75 Å². The number of carbonyl (C=O) groups excluding carboxylic acids is 2. The molecule has 2 rings (SSSR count). The third-order valence-electron chi connectivity index (χ3n) is 2.93. The van der Waals surface area contributed by atoms with Crippen LogP contribution in [0.15, 0.2) is 36.4 Å². The normalized spacial score (nSPS) is 10.2. The molecule has 0 fully saturated rings. The van der Waals surface area contributed by atoms with E-state index < -0.39 is 17.7 Å². The van der Waals surface area contributed by atoms with Crippen molar-refractivity contribution in [2.45, 2.75) is 0 Å². The summed E-state index contributed by atoms with van der Waals surface area (Å²) in [7, 11) is 1.25. The van der Waals surface area contributed by atoms with E-state index in [2.05, 4.69) is 10.1 Å². The molecule has 0 aromatic heterocycles. The molecule has 0 heterocycles. The van der Waals surface area contributed by atoms with E-state index in [9.17, 15) is 14.0 Å². The summed E-state index contributed by atoms with van der Waals surface area (Å²) in [4.78, 5) is 23.3. The molecule has 0 saturated heterocycles. The molecule has 0 radical (unpaired) electrons. The third-order valence-corrected chi connectivity index (χ3v) is 3.53. The largest absolute Gasteiger partial charge is 0.482 e. The third kappa shape index (κ3) is 4.59. The topological polar surface area (TPSA) is 64.6 Å². The van der Waals surface area contributed by atoms with Gasteiger partial charge in [0.25, 0.3) is 5.91 Å². The number of methoxy groups -OCH3 is 1. The highest BCUT2D eigenvalue weighted by Crippen LogP contribution is 2.25. The molecule has 1 amide bonds. The van der Waals surface area contributed by atoms with Crippen LogP contribution in [0.5, 0.6) is 5.75 Å². The number of hydrogen-bond acceptors (Lipinski definition) is 4. The Hall–Kier alpha value is -2.31. The number of anilines is 1. The zero-order valence-corrected chi connectivity index (χ0v) is 13.9. The molecule has 8 heteroatoms. The Balaban J connectivity index is 2.12. The fourth-order valence-corrected chi connectivity index (χ4v) is 2.23. The molecule has 0 saturated carbocycles. The van der Waals surface area contributed by atoms with E-state index in [1.807, 2.05) is 0 Å². The SMILES string of the molecule is COC(=O)COc1cccc(NC(=O)c2cc(F)c(Cl)cc2Cl)c1. The molecule has 2 aromatic carbocycles. The van der Waals surface area contributed by atoms with Crippen LogP contribution < -0.4 is 10.1 Å². The lowest BCUT2D eigenvalue weighted by molar-refractivity contribution is -0.142. The van der Waals surface area contributed by atoms with Gasteiger partial charge in [-0.25, -0.2) is 9.18 Å². The second-order valence-electron chi connectivity index (χ2n) is 4.59. The predicted octanol–water partition coefficient (Wildman–Crippen LogP) is 3.94. The fraction of sp³-hybridized carbons (Fsp3) is 0.125. The summed E-state index contributed by atoms with van der Waals surface area (Å²) in [6.07, 6.45) is 0. The maximum Gasteiger partial charge on any atom is 0.343 e. The summed E-state index contributed by atoms with van der Waals surface area (Å²) in [5.41, 5.74) is 0.327. The van der Waals surface area contributed by atoms with Crippen LogP contribution in [-0.2, 0) is 9.53 Å². The highest BCUT2D eigenvalue weighted by atomic mass is 35.5. The molecule has 0 spiro atoms. The number of esters is 1. The lowest BCUT2D eigenvalue weighted by atomic mass is 10.2. The molecular formula is C16H12Cl2FNO4. The van der Waals surface area contributed by atoms with Crippen molar-refractivity contribution in [2.75, 3.05) is 19.0 Å². The molecule has 2 aromatic rings. The number of ether oxygens (including phenoxy) is 2. The molecule has 0 aliphatic carbocycles. The molecule has 0 aliphatic heterocycles. The van der Waals surface area contributed by atoms with E-state index in [1.54, 1.807) is 18.2 Å². The smallest absolute Gasteiger partial charge is 0.343 e. The van der Waals surface area contributed by atoms with Crippen molar-refractivity contribution in [3.63, 3.8) is 0 Å². The summed E-state index contributed by atoms with van der Waals surface area (Å²) in [6, 6.07) is 8.44. The first-order chi connectivity index (χ1) is 11.4. The van der Waals surface area contributed by atoms with Gasteiger partial charge < -0.3 is 14.8 Å². The zero-order chi connectivity index (χ0) is 17.7. The predicted molar refractivity (Wildman–Crippen MR) is 88.3 cm³/mol. The minimum atomic E-state index is -0.749. The Bertz CT molecular complexity index is 783. The van der Waals surface area contributed by atoms with Gasteiger partial charge in [-0.2, -0.15) is 0 Å². The van der Waals surface area contributed by atoms with Gasteiger partial charge in [0.05, 0.1) is 22.7 Å². The van der Waals surface area contributed by atoms with Gasteiger partial charge in [-0.1, -0.05) is 29.3 Å². The van der Waals surface area contributed by atoms with E-state index in [0.717, 1.165) is 12.1 Å². The second kappa shape index (κ2) is 7.99. The van der Waals surface area contributed by atoms with Gasteiger partial charge in [-0.15, -0.1) is 0 Å². The van der Waals surface area contributed by atoms with Gasteiger partial charge in [0, 0.05) is 11.8 Å². The highest BCUT2D eigenvalue weighted by Gasteiger charge is 2.14. The summed E-state index contributed by atoms with van der Waals surface area (Å²) in [5, 5.41) is 2.41. The lowest BCUT2D eigenvalue weighted by Gasteiger charge is -2.10. The molecule has 1 N–H and O–H groups in total. The molecule has 5 nitrogen and oxygen atoms in total. The monoisotopic (exact) mass is 371 g/mol. The Morgan fingerprint density at radius 1 is 1.17 bits per heavy atom. The quantitative estimate of drug-likeness (QED) is 0.638. The minimum Gasteiger partial charge on any atom is -0.482 e. The van der Waals surface area contributed by atoms with E-state index in [4.69, 9.17) is 27.9 Å². The van der Waals surface area contributed by atoms with E-state index >= 15 is 0 Å². The lowest BCUT2D eigenvalue weighted by Crippen LogP contribution is -2.14. The average Bonchev–Trinajstić information content (AvgIpc) is 2.56. The van der Waals surface area contributed by atoms with Crippen LogP contribution in [-0.4, -0.2) is 25.6 Å². The zero-order valence-electron chi connectivity index (χ0n) is 12.4. The molecule has 0 unspecified atom stereocenters. The van der Waals surface area contributed by atoms with Crippen LogP contribution in [0.1, 0.15) is 10.4 Å². The van der Waals surface area contributed by atoms with E-state index in [1.165, 1.54) is 13.2 Å². The van der Waals surface area contributed by atoms with Gasteiger partial charge >= 0.3 is 5.97 Å². The van der Waals surface area contributed by atoms with Crippen molar-refractivity contribution in [1.29, 1.82) is 0 Å². The van der Waals surface area contributed by atoms with E-state index in [-0.39, 0.29) is 22.2 Å². The van der Waals surface area contributed by atoms with Crippen LogP contribution in [0, 0.1) is 5.82 Å². The van der Waals surface area contributed by atoms with Crippen molar-refractivity contribution >= 4 is 40.8 Å². The summed E-state index contributed by atoms with van der Waals surface area (Å²) < 4.78 is 23.2. The van der Waals surface area contributed by atoms with Crippen molar-refractivity contribution < 1.29 is 23.5 Å². The first-order valence-electron chi connectivity index (χ1n) is 6.66. The van der Waals surface area contributed by atoms with Gasteiger partial charge in [-0.3, -0.25) is 4.79 Å². The van der Waals surface area contributed by atoms with Crippen molar-refractivity contribution in [2.24, 2.45) is 0 Å². The van der Waals surface area contributed by atoms with Crippen LogP contribution in [0.2, 0.25) is 10.0 Å². The Labute approximate surface area is 147 Å². The van der Waals surface area contributed by atoms with Crippen LogP contribution >= 0.6 is 23.2 Å². The summed E-state index contributed by atoms with van der Waals surface area (Å²) >= 11 is 11.5. The fourth-order valence-electron chi connectivity index (χ4n) is 1.76. The van der Waals surface area contributed by atoms with Crippen LogP contribution in [0.3, 0.4) is 0 Å². The number of carbonyl (C=O) groups is 2.